The average Bonchev–Trinajstić information content (AvgIpc) is 2.82. The molecule has 26 heavy (non-hydrogen) atoms. The first-order chi connectivity index (χ1) is 12.6. The third-order valence-corrected chi connectivity index (χ3v) is 5.87. The lowest BCUT2D eigenvalue weighted by Gasteiger charge is -2.36. The number of aromatic nitrogens is 1. The highest BCUT2D eigenvalue weighted by Gasteiger charge is 2.37. The van der Waals surface area contributed by atoms with Crippen LogP contribution < -0.4 is 0 Å². The molecule has 0 N–H and O–H groups in total. The number of hydrogen-bond acceptors (Lipinski definition) is 4. The average molecular weight is 353 g/mol. The van der Waals surface area contributed by atoms with Gasteiger partial charge in [-0.1, -0.05) is 35.5 Å². The van der Waals surface area contributed by atoms with Gasteiger partial charge in [0.15, 0.2) is 0 Å². The van der Waals surface area contributed by atoms with Crippen molar-refractivity contribution in [3.05, 3.63) is 52.9 Å². The van der Waals surface area contributed by atoms with Crippen LogP contribution in [-0.4, -0.2) is 46.5 Å². The topological polar surface area (TPSA) is 49.6 Å². The molecule has 1 aromatic heterocycles. The van der Waals surface area contributed by atoms with E-state index >= 15 is 0 Å². The van der Waals surface area contributed by atoms with Gasteiger partial charge in [-0.2, -0.15) is 0 Å². The number of amides is 1. The van der Waals surface area contributed by atoms with E-state index in [1.165, 1.54) is 12.0 Å². The van der Waals surface area contributed by atoms with Gasteiger partial charge in [0.05, 0.1) is 12.1 Å². The van der Waals surface area contributed by atoms with Crippen LogP contribution in [0.25, 0.3) is 0 Å². The Labute approximate surface area is 155 Å². The van der Waals surface area contributed by atoms with Crippen LogP contribution in [0.4, 0.5) is 0 Å². The summed E-state index contributed by atoms with van der Waals surface area (Å²) in [6, 6.07) is 11.0. The Kier molecular flexibility index (Phi) is 4.81. The van der Waals surface area contributed by atoms with Crippen molar-refractivity contribution >= 4 is 5.91 Å². The summed E-state index contributed by atoms with van der Waals surface area (Å²) < 4.78 is 5.22. The number of aryl methyl sites for hydroxylation is 2. The summed E-state index contributed by atoms with van der Waals surface area (Å²) in [4.78, 5) is 17.7. The molecule has 2 bridgehead atoms. The number of carbonyl (C=O) groups excluding carboxylic acids is 1. The lowest BCUT2D eigenvalue weighted by atomic mass is 9.94. The van der Waals surface area contributed by atoms with Gasteiger partial charge in [0.1, 0.15) is 5.76 Å². The first-order valence-corrected chi connectivity index (χ1v) is 9.57. The normalized spacial score (nSPS) is 23.2. The number of piperidine rings is 1. The maximum Gasteiger partial charge on any atom is 0.227 e. The molecule has 0 spiro atoms. The first kappa shape index (κ1) is 17.3. The third-order valence-electron chi connectivity index (χ3n) is 5.87. The molecule has 0 radical (unpaired) electrons. The van der Waals surface area contributed by atoms with Gasteiger partial charge in [-0.05, 0) is 38.2 Å². The molecule has 3 fully saturated rings. The van der Waals surface area contributed by atoms with Gasteiger partial charge in [0.25, 0.3) is 0 Å². The fourth-order valence-electron chi connectivity index (χ4n) is 4.46. The van der Waals surface area contributed by atoms with Crippen molar-refractivity contribution in [3.8, 4) is 0 Å². The molecule has 1 aromatic carbocycles. The van der Waals surface area contributed by atoms with Crippen LogP contribution in [-0.2, 0) is 17.8 Å². The Balaban J connectivity index is 1.45. The second-order valence-electron chi connectivity index (χ2n) is 7.80. The van der Waals surface area contributed by atoms with Crippen molar-refractivity contribution in [2.45, 2.75) is 45.7 Å². The van der Waals surface area contributed by atoms with Crippen LogP contribution in [0.3, 0.4) is 0 Å². The summed E-state index contributed by atoms with van der Waals surface area (Å²) in [5.41, 5.74) is 3.14. The summed E-state index contributed by atoms with van der Waals surface area (Å²) in [6.45, 7) is 7.71. The minimum absolute atomic E-state index is 0.218. The molecule has 4 heterocycles. The SMILES string of the molecule is Cc1noc(C)c1CC(=O)N1C[C@@H]2CC[C@H]1CN(Cc1ccccc1)C2. The van der Waals surface area contributed by atoms with Gasteiger partial charge in [0, 0.05) is 37.8 Å². The van der Waals surface area contributed by atoms with Crippen molar-refractivity contribution in [3.63, 3.8) is 0 Å². The number of rotatable bonds is 4. The van der Waals surface area contributed by atoms with Crippen LogP contribution >= 0.6 is 0 Å². The van der Waals surface area contributed by atoms with E-state index in [1.807, 2.05) is 13.8 Å². The molecule has 0 saturated carbocycles. The molecular formula is C21H27N3O2. The summed E-state index contributed by atoms with van der Waals surface area (Å²) in [6.07, 6.45) is 2.75. The Morgan fingerprint density at radius 1 is 1.15 bits per heavy atom. The molecule has 1 amide bonds. The molecule has 5 nitrogen and oxygen atoms in total. The summed E-state index contributed by atoms with van der Waals surface area (Å²) in [5.74, 6) is 1.56. The molecule has 5 heteroatoms. The highest BCUT2D eigenvalue weighted by Crippen LogP contribution is 2.29. The monoisotopic (exact) mass is 353 g/mol. The molecule has 5 rings (SSSR count). The predicted octanol–water partition coefficient (Wildman–Crippen LogP) is 2.96. The van der Waals surface area contributed by atoms with Crippen molar-refractivity contribution in [1.29, 1.82) is 0 Å². The lowest BCUT2D eigenvalue weighted by molar-refractivity contribution is -0.134. The number of benzene rings is 1. The molecule has 3 aliphatic rings. The molecule has 138 valence electrons. The van der Waals surface area contributed by atoms with Crippen molar-refractivity contribution in [2.75, 3.05) is 19.6 Å². The van der Waals surface area contributed by atoms with Gasteiger partial charge < -0.3 is 9.42 Å². The Hall–Kier alpha value is -2.14. The van der Waals surface area contributed by atoms with Crippen molar-refractivity contribution < 1.29 is 9.32 Å². The molecular weight excluding hydrogens is 326 g/mol. The van der Waals surface area contributed by atoms with Crippen LogP contribution in [0.1, 0.15) is 35.4 Å². The summed E-state index contributed by atoms with van der Waals surface area (Å²) in [5, 5.41) is 3.99. The van der Waals surface area contributed by atoms with E-state index in [0.717, 1.165) is 49.6 Å². The largest absolute Gasteiger partial charge is 0.361 e. The van der Waals surface area contributed by atoms with Crippen molar-refractivity contribution in [1.82, 2.24) is 15.0 Å². The zero-order chi connectivity index (χ0) is 18.1. The van der Waals surface area contributed by atoms with E-state index in [1.54, 1.807) is 0 Å². The van der Waals surface area contributed by atoms with E-state index in [2.05, 4.69) is 45.3 Å². The van der Waals surface area contributed by atoms with Gasteiger partial charge >= 0.3 is 0 Å². The fraction of sp³-hybridized carbons (Fsp3) is 0.524. The standard InChI is InChI=1S/C21H27N3O2/c1-15-20(16(2)26-22-15)10-21(25)24-13-18-8-9-19(24)14-23(12-18)11-17-6-4-3-5-7-17/h3-7,18-19H,8-14H2,1-2H3/t18-,19+/m1/s1. The summed E-state index contributed by atoms with van der Waals surface area (Å²) in [7, 11) is 0. The molecule has 2 atom stereocenters. The quantitative estimate of drug-likeness (QED) is 0.848. The van der Waals surface area contributed by atoms with E-state index in [-0.39, 0.29) is 5.91 Å². The van der Waals surface area contributed by atoms with Crippen LogP contribution in [0, 0.1) is 19.8 Å². The molecule has 2 aromatic rings. The maximum absolute atomic E-state index is 13.0. The molecule has 0 unspecified atom stereocenters. The lowest BCUT2D eigenvalue weighted by Crippen LogP contribution is -2.48. The number of carbonyl (C=O) groups is 1. The zero-order valence-corrected chi connectivity index (χ0v) is 15.6. The maximum atomic E-state index is 13.0. The summed E-state index contributed by atoms with van der Waals surface area (Å²) >= 11 is 0. The Morgan fingerprint density at radius 3 is 2.69 bits per heavy atom. The molecule has 0 aliphatic carbocycles. The number of hydrogen-bond donors (Lipinski definition) is 0. The second-order valence-corrected chi connectivity index (χ2v) is 7.80. The van der Waals surface area contributed by atoms with Gasteiger partial charge in [-0.3, -0.25) is 9.69 Å². The van der Waals surface area contributed by atoms with E-state index in [9.17, 15) is 4.79 Å². The number of fused-ring (bicyclic) bond motifs is 4. The smallest absolute Gasteiger partial charge is 0.227 e. The predicted molar refractivity (Wildman–Crippen MR) is 99.6 cm³/mol. The highest BCUT2D eigenvalue weighted by atomic mass is 16.5. The van der Waals surface area contributed by atoms with Crippen LogP contribution in [0.15, 0.2) is 34.9 Å². The molecule has 3 saturated heterocycles. The zero-order valence-electron chi connectivity index (χ0n) is 15.6. The highest BCUT2D eigenvalue weighted by molar-refractivity contribution is 5.79. The number of nitrogens with zero attached hydrogens (tertiary/aromatic N) is 3. The minimum atomic E-state index is 0.218. The van der Waals surface area contributed by atoms with E-state index in [0.29, 0.717) is 18.4 Å². The fourth-order valence-corrected chi connectivity index (χ4v) is 4.46. The van der Waals surface area contributed by atoms with Gasteiger partial charge in [0.2, 0.25) is 5.91 Å². The Morgan fingerprint density at radius 2 is 1.96 bits per heavy atom. The van der Waals surface area contributed by atoms with E-state index in [4.69, 9.17) is 4.52 Å². The minimum Gasteiger partial charge on any atom is -0.361 e. The van der Waals surface area contributed by atoms with Crippen LogP contribution in [0.5, 0.6) is 0 Å². The molecule has 3 aliphatic heterocycles. The first-order valence-electron chi connectivity index (χ1n) is 9.57. The third kappa shape index (κ3) is 3.54. The van der Waals surface area contributed by atoms with Gasteiger partial charge in [-0.25, -0.2) is 0 Å². The second kappa shape index (κ2) is 7.23. The van der Waals surface area contributed by atoms with E-state index < -0.39 is 0 Å². The van der Waals surface area contributed by atoms with Crippen molar-refractivity contribution in [2.24, 2.45) is 5.92 Å². The van der Waals surface area contributed by atoms with Crippen LogP contribution in [0.2, 0.25) is 0 Å². The Bertz CT molecular complexity index is 751. The van der Waals surface area contributed by atoms with Gasteiger partial charge in [-0.15, -0.1) is 0 Å².